The van der Waals surface area contributed by atoms with E-state index >= 15 is 0 Å². The van der Waals surface area contributed by atoms with Crippen LogP contribution in [-0.2, 0) is 4.74 Å². The van der Waals surface area contributed by atoms with Crippen LogP contribution in [0.3, 0.4) is 0 Å². The number of nitrogens with one attached hydrogen (secondary N) is 1. The molecular formula is C21H22ClN7O. The average molecular weight is 424 g/mol. The van der Waals surface area contributed by atoms with Crippen LogP contribution in [0.15, 0.2) is 36.8 Å². The SMILES string of the molecule is Cc1cc(-c2cnc3ccc(Cl)cn23)nc(N2C[C@@H](C)O[C@@H](c3cn[nH]c3C)C2)n1. The highest BCUT2D eigenvalue weighted by Gasteiger charge is 2.30. The second-order valence-electron chi connectivity index (χ2n) is 7.70. The molecule has 0 amide bonds. The fourth-order valence-electron chi connectivity index (χ4n) is 3.94. The molecule has 0 spiro atoms. The number of halogens is 1. The van der Waals surface area contributed by atoms with E-state index in [0.29, 0.717) is 17.5 Å². The van der Waals surface area contributed by atoms with Crippen molar-refractivity contribution in [3.63, 3.8) is 0 Å². The van der Waals surface area contributed by atoms with Crippen molar-refractivity contribution in [3.05, 3.63) is 58.8 Å². The first kappa shape index (κ1) is 19.0. The molecule has 0 unspecified atom stereocenters. The number of pyridine rings is 1. The minimum Gasteiger partial charge on any atom is -0.367 e. The zero-order valence-corrected chi connectivity index (χ0v) is 17.8. The Morgan fingerprint density at radius 1 is 1.17 bits per heavy atom. The van der Waals surface area contributed by atoms with Gasteiger partial charge in [-0.25, -0.2) is 15.0 Å². The third kappa shape index (κ3) is 3.42. The molecule has 5 heterocycles. The number of hydrogen-bond acceptors (Lipinski definition) is 6. The number of aromatic amines is 1. The Hall–Kier alpha value is -2.97. The molecule has 1 fully saturated rings. The summed E-state index contributed by atoms with van der Waals surface area (Å²) in [7, 11) is 0. The van der Waals surface area contributed by atoms with E-state index in [-0.39, 0.29) is 12.2 Å². The summed E-state index contributed by atoms with van der Waals surface area (Å²) >= 11 is 6.20. The molecule has 4 aromatic heterocycles. The van der Waals surface area contributed by atoms with Crippen LogP contribution in [0, 0.1) is 13.8 Å². The van der Waals surface area contributed by atoms with Crippen molar-refractivity contribution in [2.75, 3.05) is 18.0 Å². The number of nitrogens with zero attached hydrogens (tertiary/aromatic N) is 6. The van der Waals surface area contributed by atoms with Gasteiger partial charge in [0, 0.05) is 29.7 Å². The highest BCUT2D eigenvalue weighted by Crippen LogP contribution is 2.30. The molecule has 0 aromatic carbocycles. The molecule has 8 nitrogen and oxygen atoms in total. The summed E-state index contributed by atoms with van der Waals surface area (Å²) < 4.78 is 8.13. The number of morpholine rings is 1. The molecule has 0 radical (unpaired) electrons. The van der Waals surface area contributed by atoms with Gasteiger partial charge in [-0.3, -0.25) is 9.50 Å². The van der Waals surface area contributed by atoms with Crippen molar-refractivity contribution in [1.82, 2.24) is 29.5 Å². The number of hydrogen-bond donors (Lipinski definition) is 1. The van der Waals surface area contributed by atoms with Crippen LogP contribution >= 0.6 is 11.6 Å². The first-order valence-corrected chi connectivity index (χ1v) is 10.2. The first-order chi connectivity index (χ1) is 14.5. The summed E-state index contributed by atoms with van der Waals surface area (Å²) in [6, 6.07) is 5.69. The number of rotatable bonds is 3. The van der Waals surface area contributed by atoms with Gasteiger partial charge in [-0.1, -0.05) is 11.6 Å². The summed E-state index contributed by atoms with van der Waals surface area (Å²) in [4.78, 5) is 16.3. The van der Waals surface area contributed by atoms with Gasteiger partial charge in [0.2, 0.25) is 5.95 Å². The molecule has 0 aliphatic carbocycles. The molecule has 4 aromatic rings. The molecule has 1 saturated heterocycles. The van der Waals surface area contributed by atoms with Crippen molar-refractivity contribution in [1.29, 1.82) is 0 Å². The van der Waals surface area contributed by atoms with Crippen molar-refractivity contribution < 1.29 is 4.74 Å². The lowest BCUT2D eigenvalue weighted by molar-refractivity contribution is -0.0181. The van der Waals surface area contributed by atoms with Gasteiger partial charge in [-0.2, -0.15) is 5.10 Å². The number of fused-ring (bicyclic) bond motifs is 1. The minimum atomic E-state index is -0.0883. The number of anilines is 1. The van der Waals surface area contributed by atoms with E-state index in [9.17, 15) is 0 Å². The van der Waals surface area contributed by atoms with Crippen molar-refractivity contribution in [2.45, 2.75) is 33.0 Å². The summed E-state index contributed by atoms with van der Waals surface area (Å²) in [5.74, 6) is 0.684. The molecule has 0 bridgehead atoms. The molecule has 1 N–H and O–H groups in total. The third-order valence-electron chi connectivity index (χ3n) is 5.33. The first-order valence-electron chi connectivity index (χ1n) is 9.87. The molecular weight excluding hydrogens is 402 g/mol. The predicted molar refractivity (Wildman–Crippen MR) is 115 cm³/mol. The van der Waals surface area contributed by atoms with Crippen LogP contribution in [0.5, 0.6) is 0 Å². The summed E-state index contributed by atoms with van der Waals surface area (Å²) in [6.45, 7) is 7.43. The van der Waals surface area contributed by atoms with E-state index in [4.69, 9.17) is 26.3 Å². The topological polar surface area (TPSA) is 84.2 Å². The Labute approximate surface area is 178 Å². The number of aryl methyl sites for hydroxylation is 2. The lowest BCUT2D eigenvalue weighted by Crippen LogP contribution is -2.43. The largest absolute Gasteiger partial charge is 0.367 e. The molecule has 1 aliphatic heterocycles. The summed E-state index contributed by atoms with van der Waals surface area (Å²) in [6.07, 6.45) is 5.46. The molecule has 30 heavy (non-hydrogen) atoms. The van der Waals surface area contributed by atoms with E-state index in [1.54, 1.807) is 0 Å². The fourth-order valence-corrected chi connectivity index (χ4v) is 4.10. The quantitative estimate of drug-likeness (QED) is 0.540. The molecule has 1 aliphatic rings. The maximum atomic E-state index is 6.20. The second-order valence-corrected chi connectivity index (χ2v) is 8.14. The van der Waals surface area contributed by atoms with Crippen LogP contribution in [0.4, 0.5) is 5.95 Å². The minimum absolute atomic E-state index is 0.0419. The fraction of sp³-hybridized carbons (Fsp3) is 0.333. The van der Waals surface area contributed by atoms with Crippen LogP contribution in [0.1, 0.15) is 30.0 Å². The van der Waals surface area contributed by atoms with E-state index < -0.39 is 0 Å². The summed E-state index contributed by atoms with van der Waals surface area (Å²) in [5, 5.41) is 7.78. The molecule has 9 heteroatoms. The Balaban J connectivity index is 1.53. The van der Waals surface area contributed by atoms with Crippen LogP contribution in [0.25, 0.3) is 17.0 Å². The van der Waals surface area contributed by atoms with Gasteiger partial charge in [-0.15, -0.1) is 0 Å². The lowest BCUT2D eigenvalue weighted by atomic mass is 10.1. The van der Waals surface area contributed by atoms with Gasteiger partial charge in [0.05, 0.1) is 41.5 Å². The van der Waals surface area contributed by atoms with E-state index in [2.05, 4.69) is 27.0 Å². The van der Waals surface area contributed by atoms with Gasteiger partial charge in [0.15, 0.2) is 0 Å². The Bertz CT molecular complexity index is 1220. The Kier molecular flexibility index (Phi) is 4.67. The van der Waals surface area contributed by atoms with Crippen LogP contribution in [0.2, 0.25) is 5.02 Å². The highest BCUT2D eigenvalue weighted by molar-refractivity contribution is 6.30. The highest BCUT2D eigenvalue weighted by atomic mass is 35.5. The lowest BCUT2D eigenvalue weighted by Gasteiger charge is -2.37. The van der Waals surface area contributed by atoms with E-state index in [0.717, 1.165) is 40.5 Å². The van der Waals surface area contributed by atoms with Crippen molar-refractivity contribution >= 4 is 23.2 Å². The molecule has 154 valence electrons. The monoisotopic (exact) mass is 423 g/mol. The van der Waals surface area contributed by atoms with E-state index in [1.807, 2.05) is 55.0 Å². The Morgan fingerprint density at radius 2 is 2.03 bits per heavy atom. The van der Waals surface area contributed by atoms with Crippen LogP contribution in [-0.4, -0.2) is 48.7 Å². The molecule has 0 saturated carbocycles. The number of imidazole rings is 1. The van der Waals surface area contributed by atoms with Gasteiger partial charge in [0.1, 0.15) is 11.8 Å². The second kappa shape index (κ2) is 7.37. The van der Waals surface area contributed by atoms with Gasteiger partial charge in [-0.05, 0) is 39.0 Å². The molecule has 2 atom stereocenters. The number of ether oxygens (including phenoxy) is 1. The third-order valence-corrected chi connectivity index (χ3v) is 5.56. The van der Waals surface area contributed by atoms with Crippen molar-refractivity contribution in [2.24, 2.45) is 0 Å². The molecule has 5 rings (SSSR count). The zero-order chi connectivity index (χ0) is 20.8. The average Bonchev–Trinajstić information content (AvgIpc) is 3.32. The van der Waals surface area contributed by atoms with Crippen molar-refractivity contribution in [3.8, 4) is 11.4 Å². The predicted octanol–water partition coefficient (Wildman–Crippen LogP) is 3.75. The van der Waals surface area contributed by atoms with Gasteiger partial charge >= 0.3 is 0 Å². The summed E-state index contributed by atoms with van der Waals surface area (Å²) in [5.41, 5.74) is 5.48. The Morgan fingerprint density at radius 3 is 2.83 bits per heavy atom. The van der Waals surface area contributed by atoms with Gasteiger partial charge in [0.25, 0.3) is 0 Å². The smallest absolute Gasteiger partial charge is 0.226 e. The maximum absolute atomic E-state index is 6.20. The number of H-pyrrole nitrogens is 1. The van der Waals surface area contributed by atoms with E-state index in [1.165, 1.54) is 0 Å². The maximum Gasteiger partial charge on any atom is 0.226 e. The van der Waals surface area contributed by atoms with Gasteiger partial charge < -0.3 is 9.64 Å². The number of aromatic nitrogens is 6. The zero-order valence-electron chi connectivity index (χ0n) is 17.0. The standard InChI is InChI=1S/C21H22ClN7O/c1-12-6-17(18-8-23-20-5-4-15(22)10-29(18)20)26-21(25-12)28-9-13(2)30-19(11-28)16-7-24-27-14(16)3/h4-8,10,13,19H,9,11H2,1-3H3,(H,24,27)/t13-,19-/m1/s1. The van der Waals surface area contributed by atoms with Crippen LogP contribution < -0.4 is 4.90 Å². The normalized spacial score (nSPS) is 19.5.